The van der Waals surface area contributed by atoms with Crippen molar-refractivity contribution in [2.45, 2.75) is 13.5 Å². The van der Waals surface area contributed by atoms with Gasteiger partial charge in [0.2, 0.25) is 0 Å². The third-order valence-corrected chi connectivity index (χ3v) is 3.00. The number of thiocarbonyl (C=S) groups is 1. The molecule has 2 rings (SSSR count). The molecule has 18 heavy (non-hydrogen) atoms. The van der Waals surface area contributed by atoms with E-state index in [9.17, 15) is 0 Å². The topological polar surface area (TPSA) is 55.9 Å². The van der Waals surface area contributed by atoms with Gasteiger partial charge in [-0.2, -0.15) is 5.10 Å². The molecule has 3 N–H and O–H groups in total. The predicted octanol–water partition coefficient (Wildman–Crippen LogP) is 1.97. The molecule has 0 aliphatic heterocycles. The molecule has 1 heterocycles. The summed E-state index contributed by atoms with van der Waals surface area (Å²) in [6.45, 7) is 2.76. The quantitative estimate of drug-likeness (QED) is 0.825. The van der Waals surface area contributed by atoms with Gasteiger partial charge >= 0.3 is 0 Å². The van der Waals surface area contributed by atoms with Crippen LogP contribution in [0.25, 0.3) is 0 Å². The average Bonchev–Trinajstić information content (AvgIpc) is 2.66. The smallest absolute Gasteiger partial charge is 0.103 e. The summed E-state index contributed by atoms with van der Waals surface area (Å²) in [5.74, 6) is 0. The minimum absolute atomic E-state index is 0.421. The molecular formula is C13H16N4S. The van der Waals surface area contributed by atoms with Crippen molar-refractivity contribution in [2.75, 3.05) is 5.32 Å². The lowest BCUT2D eigenvalue weighted by molar-refractivity contribution is 0.756. The number of aromatic nitrogens is 2. The van der Waals surface area contributed by atoms with E-state index in [4.69, 9.17) is 18.0 Å². The minimum atomic E-state index is 0.421. The van der Waals surface area contributed by atoms with Crippen molar-refractivity contribution >= 4 is 22.9 Å². The second kappa shape index (κ2) is 5.18. The third-order valence-electron chi connectivity index (χ3n) is 2.77. The lowest BCUT2D eigenvalue weighted by Crippen LogP contribution is -2.09. The van der Waals surface area contributed by atoms with Crippen LogP contribution >= 0.6 is 12.2 Å². The highest BCUT2D eigenvalue weighted by molar-refractivity contribution is 7.80. The van der Waals surface area contributed by atoms with Gasteiger partial charge in [-0.05, 0) is 31.2 Å². The van der Waals surface area contributed by atoms with Crippen LogP contribution in [0.3, 0.4) is 0 Å². The van der Waals surface area contributed by atoms with Gasteiger partial charge < -0.3 is 11.1 Å². The van der Waals surface area contributed by atoms with Gasteiger partial charge in [-0.1, -0.05) is 12.2 Å². The maximum absolute atomic E-state index is 5.55. The number of hydrogen-bond donors (Lipinski definition) is 2. The number of rotatable bonds is 4. The fraction of sp³-hybridized carbons (Fsp3) is 0.231. The van der Waals surface area contributed by atoms with Crippen LogP contribution in [0.4, 0.5) is 5.69 Å². The van der Waals surface area contributed by atoms with Gasteiger partial charge in [-0.15, -0.1) is 0 Å². The van der Waals surface area contributed by atoms with Crippen LogP contribution in [-0.2, 0) is 13.6 Å². The van der Waals surface area contributed by atoms with Crippen LogP contribution in [0.1, 0.15) is 16.8 Å². The van der Waals surface area contributed by atoms with Crippen molar-refractivity contribution in [3.8, 4) is 0 Å². The highest BCUT2D eigenvalue weighted by atomic mass is 32.1. The Morgan fingerprint density at radius 2 is 2.06 bits per heavy atom. The average molecular weight is 260 g/mol. The molecule has 0 radical (unpaired) electrons. The zero-order valence-electron chi connectivity index (χ0n) is 10.5. The molecule has 0 unspecified atom stereocenters. The number of anilines is 1. The second-order valence-electron chi connectivity index (χ2n) is 4.21. The van der Waals surface area contributed by atoms with Crippen LogP contribution in [0.15, 0.2) is 30.5 Å². The normalized spacial score (nSPS) is 10.3. The van der Waals surface area contributed by atoms with E-state index in [1.54, 1.807) is 0 Å². The van der Waals surface area contributed by atoms with Gasteiger partial charge in [-0.25, -0.2) is 0 Å². The molecule has 0 saturated heterocycles. The molecule has 0 amide bonds. The van der Waals surface area contributed by atoms with Crippen LogP contribution in [0.5, 0.6) is 0 Å². The third kappa shape index (κ3) is 2.87. The van der Waals surface area contributed by atoms with Crippen LogP contribution < -0.4 is 11.1 Å². The van der Waals surface area contributed by atoms with E-state index in [2.05, 4.69) is 10.4 Å². The largest absolute Gasteiger partial charge is 0.389 e. The summed E-state index contributed by atoms with van der Waals surface area (Å²) in [6, 6.07) is 7.78. The van der Waals surface area contributed by atoms with Crippen molar-refractivity contribution < 1.29 is 0 Å². The summed E-state index contributed by atoms with van der Waals surface area (Å²) in [4.78, 5) is 0.421. The Hall–Kier alpha value is -1.88. The standard InChI is InChI=1S/C13H16N4S/c1-9-11(8-17(2)16-9)7-15-12-5-3-10(4-6-12)13(14)18/h3-6,8,15H,7H2,1-2H3,(H2,14,18). The molecule has 4 nitrogen and oxygen atoms in total. The number of nitrogens with zero attached hydrogens (tertiary/aromatic N) is 2. The Morgan fingerprint density at radius 1 is 1.39 bits per heavy atom. The molecule has 0 spiro atoms. The zero-order valence-corrected chi connectivity index (χ0v) is 11.3. The second-order valence-corrected chi connectivity index (χ2v) is 4.65. The van der Waals surface area contributed by atoms with E-state index in [1.807, 2.05) is 49.1 Å². The molecule has 1 aromatic heterocycles. The van der Waals surface area contributed by atoms with Crippen LogP contribution in [-0.4, -0.2) is 14.8 Å². The predicted molar refractivity (Wildman–Crippen MR) is 77.6 cm³/mol. The van der Waals surface area contributed by atoms with Crippen LogP contribution in [0.2, 0.25) is 0 Å². The Labute approximate surface area is 112 Å². The number of hydrogen-bond acceptors (Lipinski definition) is 3. The Morgan fingerprint density at radius 3 is 2.56 bits per heavy atom. The van der Waals surface area contributed by atoms with Crippen molar-refractivity contribution in [2.24, 2.45) is 12.8 Å². The van der Waals surface area contributed by atoms with E-state index in [0.717, 1.165) is 23.5 Å². The van der Waals surface area contributed by atoms with E-state index in [0.29, 0.717) is 4.99 Å². The Kier molecular flexibility index (Phi) is 3.62. The maximum Gasteiger partial charge on any atom is 0.103 e. The molecule has 0 fully saturated rings. The van der Waals surface area contributed by atoms with Crippen LogP contribution in [0, 0.1) is 6.92 Å². The van der Waals surface area contributed by atoms with Gasteiger partial charge in [0.25, 0.3) is 0 Å². The number of aryl methyl sites for hydroxylation is 2. The molecule has 0 saturated carbocycles. The number of benzene rings is 1. The Bertz CT molecular complexity index is 557. The summed E-state index contributed by atoms with van der Waals surface area (Å²) < 4.78 is 1.82. The van der Waals surface area contributed by atoms with Gasteiger partial charge in [0, 0.05) is 36.6 Å². The SMILES string of the molecule is Cc1nn(C)cc1CNc1ccc(C(N)=S)cc1. The number of nitrogens with one attached hydrogen (secondary N) is 1. The number of nitrogens with two attached hydrogens (primary N) is 1. The van der Waals surface area contributed by atoms with Crippen molar-refractivity contribution in [3.05, 3.63) is 47.3 Å². The summed E-state index contributed by atoms with van der Waals surface area (Å²) in [5.41, 5.74) is 9.71. The molecular weight excluding hydrogens is 244 g/mol. The van der Waals surface area contributed by atoms with E-state index >= 15 is 0 Å². The molecule has 1 aromatic carbocycles. The zero-order chi connectivity index (χ0) is 13.1. The molecule has 94 valence electrons. The summed E-state index contributed by atoms with van der Waals surface area (Å²) in [6.07, 6.45) is 2.02. The fourth-order valence-electron chi connectivity index (χ4n) is 1.77. The molecule has 5 heteroatoms. The molecule has 0 aliphatic rings. The summed E-state index contributed by atoms with van der Waals surface area (Å²) >= 11 is 4.91. The molecule has 0 bridgehead atoms. The van der Waals surface area contributed by atoms with Crippen molar-refractivity contribution in [1.82, 2.24) is 9.78 Å². The first-order valence-corrected chi connectivity index (χ1v) is 6.10. The van der Waals surface area contributed by atoms with E-state index in [1.165, 1.54) is 5.56 Å². The molecule has 0 aliphatic carbocycles. The van der Waals surface area contributed by atoms with Gasteiger partial charge in [0.1, 0.15) is 4.99 Å². The monoisotopic (exact) mass is 260 g/mol. The summed E-state index contributed by atoms with van der Waals surface area (Å²) in [7, 11) is 1.92. The minimum Gasteiger partial charge on any atom is -0.389 e. The van der Waals surface area contributed by atoms with Gasteiger partial charge in [0.15, 0.2) is 0 Å². The summed E-state index contributed by atoms with van der Waals surface area (Å²) in [5, 5.41) is 7.65. The van der Waals surface area contributed by atoms with E-state index in [-0.39, 0.29) is 0 Å². The lowest BCUT2D eigenvalue weighted by Gasteiger charge is -2.06. The van der Waals surface area contributed by atoms with E-state index < -0.39 is 0 Å². The first-order valence-electron chi connectivity index (χ1n) is 5.69. The molecule has 0 atom stereocenters. The molecule has 2 aromatic rings. The highest BCUT2D eigenvalue weighted by Crippen LogP contribution is 2.12. The Balaban J connectivity index is 2.02. The lowest BCUT2D eigenvalue weighted by atomic mass is 10.2. The first-order chi connectivity index (χ1) is 8.56. The van der Waals surface area contributed by atoms with Crippen molar-refractivity contribution in [3.63, 3.8) is 0 Å². The fourth-order valence-corrected chi connectivity index (χ4v) is 1.91. The van der Waals surface area contributed by atoms with Gasteiger partial charge in [0.05, 0.1) is 5.69 Å². The van der Waals surface area contributed by atoms with Gasteiger partial charge in [-0.3, -0.25) is 4.68 Å². The van der Waals surface area contributed by atoms with Crippen molar-refractivity contribution in [1.29, 1.82) is 0 Å². The first kappa shape index (κ1) is 12.6. The highest BCUT2D eigenvalue weighted by Gasteiger charge is 2.02. The maximum atomic E-state index is 5.55.